The molecule has 11 heavy (non-hydrogen) atoms. The number of nitrogens with zero attached hydrogens (tertiary/aromatic N) is 1. The van der Waals surface area contributed by atoms with Gasteiger partial charge in [0.25, 0.3) is 0 Å². The van der Waals surface area contributed by atoms with Crippen LogP contribution in [0.15, 0.2) is 6.20 Å². The Kier molecular flexibility index (Phi) is 1.34. The van der Waals surface area contributed by atoms with Crippen molar-refractivity contribution >= 4 is 12.2 Å². The van der Waals surface area contributed by atoms with Gasteiger partial charge in [-0.15, -0.1) is 0 Å². The first kappa shape index (κ1) is 6.65. The zero-order valence-corrected chi connectivity index (χ0v) is 6.83. The third kappa shape index (κ3) is 0.985. The molecule has 1 N–H and O–H groups in total. The molecular weight excluding hydrogens is 136 g/mol. The minimum absolute atomic E-state index is 0.628. The number of aromatic amines is 1. The molecule has 0 radical (unpaired) electrons. The minimum atomic E-state index is 0.628. The van der Waals surface area contributed by atoms with Crippen LogP contribution >= 0.6 is 0 Å². The largest absolute Gasteiger partial charge is 0.278 e. The highest BCUT2D eigenvalue weighted by Gasteiger charge is 2.10. The quantitative estimate of drug-likeness (QED) is 0.561. The highest BCUT2D eigenvalue weighted by molar-refractivity contribution is 5.39. The van der Waals surface area contributed by atoms with Gasteiger partial charge in [-0.2, -0.15) is 5.10 Å². The van der Waals surface area contributed by atoms with Crippen molar-refractivity contribution in [1.29, 1.82) is 0 Å². The van der Waals surface area contributed by atoms with Gasteiger partial charge in [0.05, 0.1) is 11.5 Å². The van der Waals surface area contributed by atoms with Gasteiger partial charge in [0, 0.05) is 5.22 Å². The van der Waals surface area contributed by atoms with Gasteiger partial charge in [-0.25, -0.2) is 0 Å². The first-order chi connectivity index (χ1) is 5.27. The lowest BCUT2D eigenvalue weighted by molar-refractivity contribution is 0.607. The first-order valence-electron chi connectivity index (χ1n) is 4.00. The van der Waals surface area contributed by atoms with Gasteiger partial charge in [-0.1, -0.05) is 26.0 Å². The summed E-state index contributed by atoms with van der Waals surface area (Å²) >= 11 is 0. The van der Waals surface area contributed by atoms with Crippen molar-refractivity contribution in [3.63, 3.8) is 0 Å². The SMILES string of the molecule is CC1C=c2cn[nH]c2=CC1C. The van der Waals surface area contributed by atoms with Gasteiger partial charge in [-0.05, 0) is 11.8 Å². The van der Waals surface area contributed by atoms with Crippen molar-refractivity contribution in [2.75, 3.05) is 0 Å². The Balaban J connectivity index is 2.69. The Labute approximate surface area is 65.6 Å². The van der Waals surface area contributed by atoms with Crippen LogP contribution in [0.2, 0.25) is 0 Å². The molecule has 0 saturated heterocycles. The van der Waals surface area contributed by atoms with Crippen molar-refractivity contribution in [1.82, 2.24) is 10.2 Å². The number of fused-ring (bicyclic) bond motifs is 1. The standard InChI is InChI=1S/C9H12N2/c1-6-3-8-5-10-11-9(8)4-7(6)2/h3-7,11H,1-2H3. The van der Waals surface area contributed by atoms with E-state index in [4.69, 9.17) is 0 Å². The summed E-state index contributed by atoms with van der Waals surface area (Å²) in [4.78, 5) is 0. The molecule has 2 rings (SSSR count). The fraction of sp³-hybridized carbons (Fsp3) is 0.444. The molecule has 0 fully saturated rings. The minimum Gasteiger partial charge on any atom is -0.278 e. The molecule has 0 bridgehead atoms. The zero-order valence-electron chi connectivity index (χ0n) is 6.83. The Hall–Kier alpha value is -1.05. The van der Waals surface area contributed by atoms with Gasteiger partial charge in [0.15, 0.2) is 0 Å². The monoisotopic (exact) mass is 148 g/mol. The number of aromatic nitrogens is 2. The summed E-state index contributed by atoms with van der Waals surface area (Å²) in [6.45, 7) is 4.46. The molecule has 0 spiro atoms. The third-order valence-electron chi connectivity index (χ3n) is 2.40. The Bertz CT molecular complexity index is 327. The summed E-state index contributed by atoms with van der Waals surface area (Å²) in [5.41, 5.74) is 0. The molecule has 0 saturated carbocycles. The summed E-state index contributed by atoms with van der Waals surface area (Å²) in [6.07, 6.45) is 6.39. The third-order valence-corrected chi connectivity index (χ3v) is 2.40. The maximum atomic E-state index is 3.99. The van der Waals surface area contributed by atoms with Crippen LogP contribution in [0, 0.1) is 11.8 Å². The molecule has 1 aliphatic rings. The van der Waals surface area contributed by atoms with Gasteiger partial charge >= 0.3 is 0 Å². The van der Waals surface area contributed by atoms with Crippen LogP contribution in [-0.2, 0) is 0 Å². The number of hydrogen-bond donors (Lipinski definition) is 1. The Morgan fingerprint density at radius 2 is 2.00 bits per heavy atom. The second-order valence-electron chi connectivity index (χ2n) is 3.29. The van der Waals surface area contributed by atoms with Crippen LogP contribution in [-0.4, -0.2) is 10.2 Å². The maximum Gasteiger partial charge on any atom is 0.0610 e. The Morgan fingerprint density at radius 3 is 2.82 bits per heavy atom. The molecule has 0 aromatic carbocycles. The van der Waals surface area contributed by atoms with Crippen LogP contribution < -0.4 is 10.6 Å². The average molecular weight is 148 g/mol. The predicted molar refractivity (Wildman–Crippen MR) is 45.1 cm³/mol. The van der Waals surface area contributed by atoms with Crippen molar-refractivity contribution < 1.29 is 0 Å². The highest BCUT2D eigenvalue weighted by atomic mass is 15.1. The molecule has 1 aliphatic carbocycles. The molecule has 2 atom stereocenters. The molecule has 1 aromatic heterocycles. The number of nitrogens with one attached hydrogen (secondary N) is 1. The second-order valence-corrected chi connectivity index (χ2v) is 3.29. The molecule has 2 heteroatoms. The van der Waals surface area contributed by atoms with E-state index >= 15 is 0 Å². The van der Waals surface area contributed by atoms with Crippen molar-refractivity contribution in [2.45, 2.75) is 13.8 Å². The van der Waals surface area contributed by atoms with Crippen molar-refractivity contribution in [2.24, 2.45) is 11.8 Å². The van der Waals surface area contributed by atoms with E-state index in [2.05, 4.69) is 36.2 Å². The van der Waals surface area contributed by atoms with Gasteiger partial charge in [-0.3, -0.25) is 5.10 Å². The van der Waals surface area contributed by atoms with E-state index in [1.54, 1.807) is 0 Å². The molecule has 2 nitrogen and oxygen atoms in total. The van der Waals surface area contributed by atoms with Crippen molar-refractivity contribution in [3.05, 3.63) is 16.8 Å². The topological polar surface area (TPSA) is 28.7 Å². The van der Waals surface area contributed by atoms with E-state index in [0.717, 1.165) is 0 Å². The van der Waals surface area contributed by atoms with Crippen LogP contribution in [0.3, 0.4) is 0 Å². The summed E-state index contributed by atoms with van der Waals surface area (Å²) in [7, 11) is 0. The lowest BCUT2D eigenvalue weighted by Gasteiger charge is -2.13. The van der Waals surface area contributed by atoms with Crippen LogP contribution in [0.25, 0.3) is 12.2 Å². The number of rotatable bonds is 0. The van der Waals surface area contributed by atoms with Gasteiger partial charge in [0.2, 0.25) is 0 Å². The van der Waals surface area contributed by atoms with Crippen LogP contribution in [0.5, 0.6) is 0 Å². The highest BCUT2D eigenvalue weighted by Crippen LogP contribution is 2.14. The lowest BCUT2D eigenvalue weighted by Crippen LogP contribution is -2.29. The number of hydrogen-bond acceptors (Lipinski definition) is 1. The van der Waals surface area contributed by atoms with Crippen LogP contribution in [0.1, 0.15) is 13.8 Å². The van der Waals surface area contributed by atoms with E-state index in [-0.39, 0.29) is 0 Å². The summed E-state index contributed by atoms with van der Waals surface area (Å²) < 4.78 is 0. The summed E-state index contributed by atoms with van der Waals surface area (Å²) in [6, 6.07) is 0. The fourth-order valence-corrected chi connectivity index (χ4v) is 1.42. The van der Waals surface area contributed by atoms with Crippen LogP contribution in [0.4, 0.5) is 0 Å². The van der Waals surface area contributed by atoms with Gasteiger partial charge in [0.1, 0.15) is 0 Å². The van der Waals surface area contributed by atoms with E-state index < -0.39 is 0 Å². The zero-order chi connectivity index (χ0) is 7.84. The van der Waals surface area contributed by atoms with E-state index in [0.29, 0.717) is 11.8 Å². The lowest BCUT2D eigenvalue weighted by atomic mass is 9.92. The first-order valence-corrected chi connectivity index (χ1v) is 4.00. The molecule has 58 valence electrons. The average Bonchev–Trinajstić information content (AvgIpc) is 2.36. The second kappa shape index (κ2) is 2.22. The molecule has 1 aromatic rings. The van der Waals surface area contributed by atoms with E-state index in [9.17, 15) is 0 Å². The molecule has 2 unspecified atom stereocenters. The van der Waals surface area contributed by atoms with Gasteiger partial charge < -0.3 is 0 Å². The normalized spacial score (nSPS) is 28.5. The molecular formula is C9H12N2. The number of H-pyrrole nitrogens is 1. The summed E-state index contributed by atoms with van der Waals surface area (Å²) in [5.74, 6) is 1.27. The van der Waals surface area contributed by atoms with E-state index in [1.165, 1.54) is 10.6 Å². The smallest absolute Gasteiger partial charge is 0.0610 e. The van der Waals surface area contributed by atoms with E-state index in [1.807, 2.05) is 6.20 Å². The Morgan fingerprint density at radius 1 is 1.27 bits per heavy atom. The molecule has 0 amide bonds. The molecule has 1 heterocycles. The predicted octanol–water partition coefficient (Wildman–Crippen LogP) is 0.256. The summed E-state index contributed by atoms with van der Waals surface area (Å²) in [5, 5.41) is 9.38. The maximum absolute atomic E-state index is 3.99. The fourth-order valence-electron chi connectivity index (χ4n) is 1.42. The van der Waals surface area contributed by atoms with Crippen molar-refractivity contribution in [3.8, 4) is 0 Å². The molecule has 0 aliphatic heterocycles.